The van der Waals surface area contributed by atoms with Gasteiger partial charge in [0.15, 0.2) is 0 Å². The van der Waals surface area contributed by atoms with Gasteiger partial charge in [-0.2, -0.15) is 0 Å². The lowest BCUT2D eigenvalue weighted by Crippen LogP contribution is -1.92. The summed E-state index contributed by atoms with van der Waals surface area (Å²) in [6.45, 7) is 6.30. The SMILES string of the molecule is C=C(CCCCCCCC)n1ccnc1. The summed E-state index contributed by atoms with van der Waals surface area (Å²) in [6, 6.07) is 0. The minimum atomic E-state index is 1.09. The third-order valence-electron chi connectivity index (χ3n) is 2.69. The van der Waals surface area contributed by atoms with Crippen LogP contribution in [0.4, 0.5) is 0 Å². The first-order valence-electron chi connectivity index (χ1n) is 6.00. The van der Waals surface area contributed by atoms with Gasteiger partial charge < -0.3 is 4.57 Å². The number of rotatable bonds is 8. The van der Waals surface area contributed by atoms with Crippen LogP contribution in [0.25, 0.3) is 5.70 Å². The highest BCUT2D eigenvalue weighted by Crippen LogP contribution is 2.13. The zero-order valence-corrected chi connectivity index (χ0v) is 9.78. The molecular weight excluding hydrogens is 184 g/mol. The molecule has 0 N–H and O–H groups in total. The van der Waals surface area contributed by atoms with Gasteiger partial charge in [0.05, 0.1) is 6.33 Å². The van der Waals surface area contributed by atoms with Crippen LogP contribution in [-0.4, -0.2) is 9.55 Å². The molecule has 0 aliphatic heterocycles. The third kappa shape index (κ3) is 4.82. The zero-order chi connectivity index (χ0) is 10.9. The van der Waals surface area contributed by atoms with Gasteiger partial charge in [-0.3, -0.25) is 0 Å². The second-order valence-corrected chi connectivity index (χ2v) is 4.05. The average Bonchev–Trinajstić information content (AvgIpc) is 2.76. The Labute approximate surface area is 93.0 Å². The van der Waals surface area contributed by atoms with Gasteiger partial charge >= 0.3 is 0 Å². The first-order valence-corrected chi connectivity index (χ1v) is 6.00. The molecule has 0 aliphatic carbocycles. The molecule has 0 saturated heterocycles. The van der Waals surface area contributed by atoms with Crippen LogP contribution in [0.15, 0.2) is 25.3 Å². The number of hydrogen-bond donors (Lipinski definition) is 0. The smallest absolute Gasteiger partial charge is 0.0988 e. The molecule has 0 aliphatic rings. The zero-order valence-electron chi connectivity index (χ0n) is 9.78. The minimum absolute atomic E-state index is 1.09. The first kappa shape index (κ1) is 12.0. The lowest BCUT2D eigenvalue weighted by molar-refractivity contribution is 0.610. The van der Waals surface area contributed by atoms with Crippen LogP contribution in [-0.2, 0) is 0 Å². The van der Waals surface area contributed by atoms with Crippen molar-refractivity contribution >= 4 is 5.70 Å². The van der Waals surface area contributed by atoms with Crippen molar-refractivity contribution in [3.05, 3.63) is 25.3 Å². The topological polar surface area (TPSA) is 17.8 Å². The van der Waals surface area contributed by atoms with Crippen LogP contribution in [0.3, 0.4) is 0 Å². The van der Waals surface area contributed by atoms with Crippen molar-refractivity contribution in [1.82, 2.24) is 9.55 Å². The molecular formula is C13H22N2. The predicted molar refractivity (Wildman–Crippen MR) is 65.6 cm³/mol. The summed E-state index contributed by atoms with van der Waals surface area (Å²) in [5, 5.41) is 0. The molecule has 0 amide bonds. The van der Waals surface area contributed by atoms with Gasteiger partial charge in [-0.15, -0.1) is 0 Å². The second kappa shape index (κ2) is 7.27. The quantitative estimate of drug-likeness (QED) is 0.585. The van der Waals surface area contributed by atoms with E-state index in [0.717, 1.165) is 12.1 Å². The Morgan fingerprint density at radius 2 is 1.93 bits per heavy atom. The molecule has 0 unspecified atom stereocenters. The van der Waals surface area contributed by atoms with E-state index in [1.165, 1.54) is 38.5 Å². The van der Waals surface area contributed by atoms with Crippen molar-refractivity contribution in [2.45, 2.75) is 51.9 Å². The van der Waals surface area contributed by atoms with Crippen LogP contribution < -0.4 is 0 Å². The van der Waals surface area contributed by atoms with Gasteiger partial charge in [0, 0.05) is 18.1 Å². The van der Waals surface area contributed by atoms with E-state index >= 15 is 0 Å². The highest BCUT2D eigenvalue weighted by Gasteiger charge is 1.96. The highest BCUT2D eigenvalue weighted by molar-refractivity contribution is 5.40. The first-order chi connectivity index (χ1) is 7.34. The van der Waals surface area contributed by atoms with Crippen molar-refractivity contribution in [2.24, 2.45) is 0 Å². The van der Waals surface area contributed by atoms with Crippen LogP contribution >= 0.6 is 0 Å². The van der Waals surface area contributed by atoms with Crippen molar-refractivity contribution < 1.29 is 0 Å². The number of unbranched alkanes of at least 4 members (excludes halogenated alkanes) is 5. The number of nitrogens with zero attached hydrogens (tertiary/aromatic N) is 2. The Balaban J connectivity index is 2.03. The number of imidazole rings is 1. The summed E-state index contributed by atoms with van der Waals surface area (Å²) in [4.78, 5) is 4.01. The maximum absolute atomic E-state index is 4.05. The summed E-state index contributed by atoms with van der Waals surface area (Å²) < 4.78 is 2.01. The Kier molecular flexibility index (Phi) is 5.83. The summed E-state index contributed by atoms with van der Waals surface area (Å²) in [6.07, 6.45) is 14.7. The lowest BCUT2D eigenvalue weighted by atomic mass is 10.1. The fraction of sp³-hybridized carbons (Fsp3) is 0.615. The molecule has 84 valence electrons. The van der Waals surface area contributed by atoms with Crippen molar-refractivity contribution in [3.63, 3.8) is 0 Å². The molecule has 2 heteroatoms. The van der Waals surface area contributed by atoms with E-state index in [0.29, 0.717) is 0 Å². The van der Waals surface area contributed by atoms with Gasteiger partial charge in [-0.25, -0.2) is 4.98 Å². The van der Waals surface area contributed by atoms with E-state index in [9.17, 15) is 0 Å². The second-order valence-electron chi connectivity index (χ2n) is 4.05. The fourth-order valence-electron chi connectivity index (χ4n) is 1.68. The molecule has 1 aromatic heterocycles. The number of hydrogen-bond acceptors (Lipinski definition) is 1. The number of allylic oxidation sites excluding steroid dienone is 1. The van der Waals surface area contributed by atoms with Gasteiger partial charge in [-0.05, 0) is 12.8 Å². The molecule has 0 aromatic carbocycles. The monoisotopic (exact) mass is 206 g/mol. The van der Waals surface area contributed by atoms with E-state index in [1.807, 2.05) is 17.1 Å². The molecule has 15 heavy (non-hydrogen) atoms. The molecule has 2 nitrogen and oxygen atoms in total. The maximum Gasteiger partial charge on any atom is 0.0988 e. The van der Waals surface area contributed by atoms with Gasteiger partial charge in [-0.1, -0.05) is 45.6 Å². The minimum Gasteiger partial charge on any atom is -0.311 e. The molecule has 1 aromatic rings. The summed E-state index contributed by atoms with van der Waals surface area (Å²) >= 11 is 0. The van der Waals surface area contributed by atoms with Crippen molar-refractivity contribution in [3.8, 4) is 0 Å². The average molecular weight is 206 g/mol. The molecule has 0 spiro atoms. The Hall–Kier alpha value is -1.05. The van der Waals surface area contributed by atoms with Gasteiger partial charge in [0.1, 0.15) is 0 Å². The van der Waals surface area contributed by atoms with Crippen LogP contribution in [0, 0.1) is 0 Å². The molecule has 1 heterocycles. The molecule has 1 rings (SSSR count). The Morgan fingerprint density at radius 1 is 1.20 bits per heavy atom. The maximum atomic E-state index is 4.05. The fourth-order valence-corrected chi connectivity index (χ4v) is 1.68. The van der Waals surface area contributed by atoms with Gasteiger partial charge in [0.2, 0.25) is 0 Å². The van der Waals surface area contributed by atoms with Gasteiger partial charge in [0.25, 0.3) is 0 Å². The van der Waals surface area contributed by atoms with Crippen LogP contribution in [0.5, 0.6) is 0 Å². The van der Waals surface area contributed by atoms with E-state index < -0.39 is 0 Å². The van der Waals surface area contributed by atoms with Crippen LogP contribution in [0.1, 0.15) is 51.9 Å². The molecule has 0 atom stereocenters. The highest BCUT2D eigenvalue weighted by atomic mass is 15.0. The van der Waals surface area contributed by atoms with E-state index in [4.69, 9.17) is 0 Å². The molecule has 0 saturated carbocycles. The largest absolute Gasteiger partial charge is 0.311 e. The molecule has 0 radical (unpaired) electrons. The summed E-state index contributed by atoms with van der Waals surface area (Å²) in [5.41, 5.74) is 1.16. The normalized spacial score (nSPS) is 10.5. The third-order valence-corrected chi connectivity index (χ3v) is 2.69. The molecule has 0 fully saturated rings. The summed E-state index contributed by atoms with van der Waals surface area (Å²) in [7, 11) is 0. The van der Waals surface area contributed by atoms with Crippen molar-refractivity contribution in [1.29, 1.82) is 0 Å². The van der Waals surface area contributed by atoms with E-state index in [2.05, 4.69) is 18.5 Å². The van der Waals surface area contributed by atoms with E-state index in [-0.39, 0.29) is 0 Å². The number of aromatic nitrogens is 2. The standard InChI is InChI=1S/C13H22N2/c1-3-4-5-6-7-8-9-13(2)15-11-10-14-12-15/h10-12H,2-9H2,1H3. The summed E-state index contributed by atoms with van der Waals surface area (Å²) in [5.74, 6) is 0. The predicted octanol–water partition coefficient (Wildman–Crippen LogP) is 4.10. The molecule has 0 bridgehead atoms. The Morgan fingerprint density at radius 3 is 2.60 bits per heavy atom. The Bertz CT molecular complexity index is 262. The van der Waals surface area contributed by atoms with Crippen LogP contribution in [0.2, 0.25) is 0 Å². The van der Waals surface area contributed by atoms with Crippen molar-refractivity contribution in [2.75, 3.05) is 0 Å². The lowest BCUT2D eigenvalue weighted by Gasteiger charge is -2.05. The van der Waals surface area contributed by atoms with E-state index in [1.54, 1.807) is 6.20 Å².